The molecule has 0 amide bonds. The standard InChI is InChI=1S/C51H32ClN5/c52-49-53-50(56-45-25-21-37(33-13-5-1-6-14-33)29-41(45)42-30-38(22-26-46(42)56)34-15-7-2-8-16-34)55-51(54-49)57-47-27-23-39(35-17-9-3-10-18-35)31-43(47)44-32-40(24-28-48(44)57)36-19-11-4-12-20-36/h1-32H. The van der Waals surface area contributed by atoms with E-state index < -0.39 is 0 Å². The molecule has 3 heterocycles. The minimum Gasteiger partial charge on any atom is -0.278 e. The van der Waals surface area contributed by atoms with Gasteiger partial charge in [0.15, 0.2) is 0 Å². The van der Waals surface area contributed by atoms with E-state index in [0.717, 1.165) is 88.1 Å². The Kier molecular flexibility index (Phi) is 7.79. The maximum atomic E-state index is 6.92. The van der Waals surface area contributed by atoms with Crippen molar-refractivity contribution in [2.24, 2.45) is 0 Å². The molecule has 0 aliphatic carbocycles. The van der Waals surface area contributed by atoms with E-state index in [1.165, 1.54) is 0 Å². The lowest BCUT2D eigenvalue weighted by Gasteiger charge is -2.11. The van der Waals surface area contributed by atoms with Crippen molar-refractivity contribution in [3.05, 3.63) is 199 Å². The van der Waals surface area contributed by atoms with Crippen LogP contribution in [0, 0.1) is 0 Å². The smallest absolute Gasteiger partial charge is 0.240 e. The molecule has 8 aromatic carbocycles. The maximum Gasteiger partial charge on any atom is 0.240 e. The van der Waals surface area contributed by atoms with Crippen LogP contribution in [0.5, 0.6) is 0 Å². The summed E-state index contributed by atoms with van der Waals surface area (Å²) >= 11 is 6.92. The fourth-order valence-corrected chi connectivity index (χ4v) is 8.40. The summed E-state index contributed by atoms with van der Waals surface area (Å²) in [6.07, 6.45) is 0. The minimum atomic E-state index is 0.114. The highest BCUT2D eigenvalue weighted by Gasteiger charge is 2.21. The molecular weight excluding hydrogens is 718 g/mol. The molecule has 6 heteroatoms. The first kappa shape index (κ1) is 33.0. The molecule has 5 nitrogen and oxygen atoms in total. The predicted molar refractivity (Wildman–Crippen MR) is 235 cm³/mol. The lowest BCUT2D eigenvalue weighted by atomic mass is 10.0. The molecule has 0 atom stereocenters. The monoisotopic (exact) mass is 749 g/mol. The van der Waals surface area contributed by atoms with Crippen molar-refractivity contribution >= 4 is 55.2 Å². The number of hydrogen-bond acceptors (Lipinski definition) is 3. The quantitative estimate of drug-likeness (QED) is 0.170. The first-order valence-corrected chi connectivity index (χ1v) is 19.3. The van der Waals surface area contributed by atoms with Gasteiger partial charge in [-0.15, -0.1) is 0 Å². The molecular formula is C51H32ClN5. The Labute approximate surface area is 333 Å². The van der Waals surface area contributed by atoms with Crippen LogP contribution in [0.3, 0.4) is 0 Å². The van der Waals surface area contributed by atoms with Crippen molar-refractivity contribution in [1.82, 2.24) is 24.1 Å². The van der Waals surface area contributed by atoms with Gasteiger partial charge < -0.3 is 0 Å². The van der Waals surface area contributed by atoms with E-state index in [-0.39, 0.29) is 5.28 Å². The van der Waals surface area contributed by atoms with Crippen LogP contribution >= 0.6 is 11.6 Å². The SMILES string of the molecule is Clc1nc(-n2c3ccc(-c4ccccc4)cc3c3cc(-c4ccccc4)ccc32)nc(-n2c3ccc(-c4ccccc4)cc3c3cc(-c4ccccc4)ccc32)n1. The molecule has 0 spiro atoms. The van der Waals surface area contributed by atoms with Gasteiger partial charge in [-0.1, -0.05) is 146 Å². The Morgan fingerprint density at radius 1 is 0.281 bits per heavy atom. The van der Waals surface area contributed by atoms with Gasteiger partial charge in [-0.3, -0.25) is 9.13 Å². The van der Waals surface area contributed by atoms with Gasteiger partial charge in [0.25, 0.3) is 0 Å². The summed E-state index contributed by atoms with van der Waals surface area (Å²) < 4.78 is 4.22. The van der Waals surface area contributed by atoms with Gasteiger partial charge in [-0.2, -0.15) is 15.0 Å². The van der Waals surface area contributed by atoms with E-state index in [1.807, 2.05) is 24.3 Å². The maximum absolute atomic E-state index is 6.92. The molecule has 0 aliphatic rings. The van der Waals surface area contributed by atoms with Crippen LogP contribution in [0.25, 0.3) is 100 Å². The summed E-state index contributed by atoms with van der Waals surface area (Å²) in [4.78, 5) is 14.9. The van der Waals surface area contributed by atoms with E-state index in [9.17, 15) is 0 Å². The lowest BCUT2D eigenvalue weighted by molar-refractivity contribution is 0.887. The van der Waals surface area contributed by atoms with Crippen LogP contribution in [0.15, 0.2) is 194 Å². The van der Waals surface area contributed by atoms with Gasteiger partial charge in [-0.05, 0) is 105 Å². The molecule has 0 aliphatic heterocycles. The zero-order valence-corrected chi connectivity index (χ0v) is 31.3. The van der Waals surface area contributed by atoms with E-state index in [0.29, 0.717) is 11.9 Å². The van der Waals surface area contributed by atoms with Gasteiger partial charge in [0.2, 0.25) is 17.2 Å². The third kappa shape index (κ3) is 5.67. The normalized spacial score (nSPS) is 11.6. The summed E-state index contributed by atoms with van der Waals surface area (Å²) in [5.41, 5.74) is 13.1. The second kappa shape index (κ2) is 13.4. The molecule has 0 fully saturated rings. The van der Waals surface area contributed by atoms with Gasteiger partial charge in [0.1, 0.15) is 0 Å². The first-order valence-electron chi connectivity index (χ1n) is 19.0. The minimum absolute atomic E-state index is 0.114. The molecule has 0 bridgehead atoms. The number of fused-ring (bicyclic) bond motifs is 6. The van der Waals surface area contributed by atoms with Crippen molar-refractivity contribution in [2.45, 2.75) is 0 Å². The molecule has 0 saturated carbocycles. The lowest BCUT2D eigenvalue weighted by Crippen LogP contribution is -2.09. The van der Waals surface area contributed by atoms with Crippen molar-refractivity contribution in [2.75, 3.05) is 0 Å². The van der Waals surface area contributed by atoms with Crippen molar-refractivity contribution < 1.29 is 0 Å². The summed E-state index contributed by atoms with van der Waals surface area (Å²) in [5.74, 6) is 0.892. The highest BCUT2D eigenvalue weighted by Crippen LogP contribution is 2.39. The average Bonchev–Trinajstić information content (AvgIpc) is 3.78. The molecule has 0 saturated heterocycles. The fourth-order valence-electron chi connectivity index (χ4n) is 8.25. The molecule has 3 aromatic heterocycles. The molecule has 57 heavy (non-hydrogen) atoms. The second-order valence-corrected chi connectivity index (χ2v) is 14.6. The predicted octanol–water partition coefficient (Wildman–Crippen LogP) is 13.4. The Bertz CT molecular complexity index is 2870. The number of aromatic nitrogens is 5. The number of halogens is 1. The Morgan fingerprint density at radius 3 is 0.807 bits per heavy atom. The van der Waals surface area contributed by atoms with Crippen LogP contribution in [0.2, 0.25) is 5.28 Å². The summed E-state index contributed by atoms with van der Waals surface area (Å²) in [6, 6.07) is 68.3. The Morgan fingerprint density at radius 2 is 0.544 bits per heavy atom. The average molecular weight is 750 g/mol. The largest absolute Gasteiger partial charge is 0.278 e. The van der Waals surface area contributed by atoms with Crippen LogP contribution in [0.1, 0.15) is 0 Å². The molecule has 0 radical (unpaired) electrons. The molecule has 0 unspecified atom stereocenters. The van der Waals surface area contributed by atoms with Crippen molar-refractivity contribution in [3.8, 4) is 56.4 Å². The number of rotatable bonds is 6. The van der Waals surface area contributed by atoms with E-state index in [1.54, 1.807) is 0 Å². The summed E-state index contributed by atoms with van der Waals surface area (Å²) in [5, 5.41) is 4.51. The number of nitrogens with zero attached hydrogens (tertiary/aromatic N) is 5. The van der Waals surface area contributed by atoms with Gasteiger partial charge in [0.05, 0.1) is 22.1 Å². The van der Waals surface area contributed by atoms with Crippen molar-refractivity contribution in [1.29, 1.82) is 0 Å². The first-order chi connectivity index (χ1) is 28.2. The van der Waals surface area contributed by atoms with E-state index >= 15 is 0 Å². The van der Waals surface area contributed by atoms with Crippen LogP contribution < -0.4 is 0 Å². The third-order valence-corrected chi connectivity index (χ3v) is 11.1. The van der Waals surface area contributed by atoms with Crippen LogP contribution in [0.4, 0.5) is 0 Å². The summed E-state index contributed by atoms with van der Waals surface area (Å²) in [6.45, 7) is 0. The van der Waals surface area contributed by atoms with Crippen molar-refractivity contribution in [3.63, 3.8) is 0 Å². The molecule has 268 valence electrons. The molecule has 0 N–H and O–H groups in total. The van der Waals surface area contributed by atoms with E-state index in [4.69, 9.17) is 26.6 Å². The highest BCUT2D eigenvalue weighted by atomic mass is 35.5. The van der Waals surface area contributed by atoms with E-state index in [2.05, 4.69) is 179 Å². The van der Waals surface area contributed by atoms with Gasteiger partial charge >= 0.3 is 0 Å². The zero-order valence-electron chi connectivity index (χ0n) is 30.6. The third-order valence-electron chi connectivity index (χ3n) is 10.9. The summed E-state index contributed by atoms with van der Waals surface area (Å²) in [7, 11) is 0. The fraction of sp³-hybridized carbons (Fsp3) is 0. The molecule has 11 rings (SSSR count). The Balaban J connectivity index is 1.15. The Hall–Kier alpha value is -7.34. The molecule has 11 aromatic rings. The van der Waals surface area contributed by atoms with Gasteiger partial charge in [0, 0.05) is 21.5 Å². The van der Waals surface area contributed by atoms with Crippen LogP contribution in [-0.2, 0) is 0 Å². The topological polar surface area (TPSA) is 48.5 Å². The van der Waals surface area contributed by atoms with Crippen LogP contribution in [-0.4, -0.2) is 24.1 Å². The second-order valence-electron chi connectivity index (χ2n) is 14.3. The number of benzene rings is 8. The number of hydrogen-bond donors (Lipinski definition) is 0. The van der Waals surface area contributed by atoms with Gasteiger partial charge in [-0.25, -0.2) is 0 Å². The zero-order chi connectivity index (χ0) is 37.9. The highest BCUT2D eigenvalue weighted by molar-refractivity contribution is 6.28.